The van der Waals surface area contributed by atoms with Gasteiger partial charge in [-0.3, -0.25) is 14.5 Å². The number of primary amides is 1. The standard InChI is InChI=1S/C24H28FN3O2/c1-15(2)27-9-8-20(14-27)28-10-7-17-11-16(3-6-21(17)24(28)30)12-18-4-5-19(23(26)29)13-22(18)25/h3-6,11,13,15,20H,7-10,12,14H2,1-2H3,(H2,26,29). The number of nitrogens with zero attached hydrogens (tertiary/aromatic N) is 2. The van der Waals surface area contributed by atoms with E-state index in [2.05, 4.69) is 18.7 Å². The number of likely N-dealkylation sites (tertiary alicyclic amines) is 1. The quantitative estimate of drug-likeness (QED) is 0.826. The van der Waals surface area contributed by atoms with Crippen molar-refractivity contribution in [2.24, 2.45) is 5.73 Å². The largest absolute Gasteiger partial charge is 0.366 e. The third-order valence-electron chi connectivity index (χ3n) is 6.38. The first kappa shape index (κ1) is 20.5. The molecule has 2 aromatic rings. The first-order valence-electron chi connectivity index (χ1n) is 10.6. The molecule has 0 aromatic heterocycles. The number of benzene rings is 2. The van der Waals surface area contributed by atoms with Crippen molar-refractivity contribution in [1.82, 2.24) is 9.80 Å². The summed E-state index contributed by atoms with van der Waals surface area (Å²) in [6, 6.07) is 10.9. The molecule has 2 aromatic carbocycles. The van der Waals surface area contributed by atoms with Gasteiger partial charge < -0.3 is 10.6 Å². The summed E-state index contributed by atoms with van der Waals surface area (Å²) in [5.74, 6) is -0.978. The van der Waals surface area contributed by atoms with Gasteiger partial charge in [-0.25, -0.2) is 4.39 Å². The molecular formula is C24H28FN3O2. The smallest absolute Gasteiger partial charge is 0.254 e. The summed E-state index contributed by atoms with van der Waals surface area (Å²) in [5.41, 5.74) is 8.62. The molecule has 1 atom stereocenters. The van der Waals surface area contributed by atoms with Gasteiger partial charge in [0.15, 0.2) is 0 Å². The number of fused-ring (bicyclic) bond motifs is 1. The van der Waals surface area contributed by atoms with Crippen molar-refractivity contribution in [3.8, 4) is 0 Å². The van der Waals surface area contributed by atoms with Crippen LogP contribution in [0.2, 0.25) is 0 Å². The molecule has 1 saturated heterocycles. The van der Waals surface area contributed by atoms with Gasteiger partial charge in [-0.15, -0.1) is 0 Å². The Morgan fingerprint density at radius 1 is 1.20 bits per heavy atom. The van der Waals surface area contributed by atoms with Crippen LogP contribution in [0.15, 0.2) is 36.4 Å². The zero-order valence-corrected chi connectivity index (χ0v) is 17.5. The molecule has 4 rings (SSSR count). The van der Waals surface area contributed by atoms with Crippen molar-refractivity contribution in [1.29, 1.82) is 0 Å². The van der Waals surface area contributed by atoms with Gasteiger partial charge in [-0.2, -0.15) is 0 Å². The fraction of sp³-hybridized carbons (Fsp3) is 0.417. The average molecular weight is 410 g/mol. The van der Waals surface area contributed by atoms with Gasteiger partial charge >= 0.3 is 0 Å². The Labute approximate surface area is 176 Å². The van der Waals surface area contributed by atoms with Crippen molar-refractivity contribution in [2.75, 3.05) is 19.6 Å². The Kier molecular flexibility index (Phi) is 5.60. The molecule has 0 spiro atoms. The summed E-state index contributed by atoms with van der Waals surface area (Å²) in [7, 11) is 0. The number of hydrogen-bond acceptors (Lipinski definition) is 3. The van der Waals surface area contributed by atoms with Crippen LogP contribution in [0.5, 0.6) is 0 Å². The van der Waals surface area contributed by atoms with Crippen LogP contribution < -0.4 is 5.73 Å². The van der Waals surface area contributed by atoms with E-state index < -0.39 is 11.7 Å². The van der Waals surface area contributed by atoms with Crippen LogP contribution in [-0.2, 0) is 12.8 Å². The van der Waals surface area contributed by atoms with E-state index in [1.165, 1.54) is 6.07 Å². The van der Waals surface area contributed by atoms with Gasteiger partial charge in [0.05, 0.1) is 0 Å². The lowest BCUT2D eigenvalue weighted by atomic mass is 9.93. The van der Waals surface area contributed by atoms with E-state index in [-0.39, 0.29) is 17.5 Å². The third kappa shape index (κ3) is 3.97. The Morgan fingerprint density at radius 2 is 2.00 bits per heavy atom. The van der Waals surface area contributed by atoms with Gasteiger partial charge in [0.25, 0.3) is 5.91 Å². The molecule has 2 amide bonds. The zero-order chi connectivity index (χ0) is 21.4. The fourth-order valence-electron chi connectivity index (χ4n) is 4.57. The van der Waals surface area contributed by atoms with E-state index in [0.717, 1.165) is 49.2 Å². The number of carbonyl (C=O) groups is 2. The summed E-state index contributed by atoms with van der Waals surface area (Å²) >= 11 is 0. The number of hydrogen-bond donors (Lipinski definition) is 1. The number of nitrogens with two attached hydrogens (primary N) is 1. The first-order valence-corrected chi connectivity index (χ1v) is 10.6. The van der Waals surface area contributed by atoms with E-state index in [1.54, 1.807) is 12.1 Å². The van der Waals surface area contributed by atoms with Crippen LogP contribution >= 0.6 is 0 Å². The molecule has 1 unspecified atom stereocenters. The van der Waals surface area contributed by atoms with Crippen molar-refractivity contribution in [2.45, 2.75) is 45.2 Å². The maximum atomic E-state index is 14.3. The van der Waals surface area contributed by atoms with Crippen molar-refractivity contribution in [3.05, 3.63) is 70.0 Å². The van der Waals surface area contributed by atoms with Crippen LogP contribution in [0.4, 0.5) is 4.39 Å². The average Bonchev–Trinajstić information content (AvgIpc) is 3.20. The minimum absolute atomic E-state index is 0.107. The molecule has 2 N–H and O–H groups in total. The predicted molar refractivity (Wildman–Crippen MR) is 114 cm³/mol. The lowest BCUT2D eigenvalue weighted by Gasteiger charge is -2.34. The Bertz CT molecular complexity index is 988. The van der Waals surface area contributed by atoms with Gasteiger partial charge in [0.1, 0.15) is 5.82 Å². The first-order chi connectivity index (χ1) is 14.3. The topological polar surface area (TPSA) is 66.6 Å². The molecule has 158 valence electrons. The molecule has 2 aliphatic heterocycles. The monoisotopic (exact) mass is 409 g/mol. The second-order valence-electron chi connectivity index (χ2n) is 8.62. The minimum atomic E-state index is -0.643. The fourth-order valence-corrected chi connectivity index (χ4v) is 4.57. The molecule has 0 bridgehead atoms. The molecule has 2 heterocycles. The lowest BCUT2D eigenvalue weighted by molar-refractivity contribution is 0.0660. The molecule has 0 radical (unpaired) electrons. The Hall–Kier alpha value is -2.73. The van der Waals surface area contributed by atoms with E-state index >= 15 is 0 Å². The molecule has 0 saturated carbocycles. The van der Waals surface area contributed by atoms with Crippen molar-refractivity contribution < 1.29 is 14.0 Å². The highest BCUT2D eigenvalue weighted by molar-refractivity contribution is 5.97. The highest BCUT2D eigenvalue weighted by Gasteiger charge is 2.34. The molecular weight excluding hydrogens is 381 g/mol. The van der Waals surface area contributed by atoms with Gasteiger partial charge in [-0.05, 0) is 61.6 Å². The van der Waals surface area contributed by atoms with Gasteiger partial charge in [0.2, 0.25) is 5.91 Å². The Morgan fingerprint density at radius 3 is 2.67 bits per heavy atom. The van der Waals surface area contributed by atoms with E-state index in [4.69, 9.17) is 5.73 Å². The number of rotatable bonds is 5. The summed E-state index contributed by atoms with van der Waals surface area (Å²) in [5, 5.41) is 0. The second kappa shape index (κ2) is 8.19. The summed E-state index contributed by atoms with van der Waals surface area (Å²) in [4.78, 5) is 28.8. The van der Waals surface area contributed by atoms with Crippen LogP contribution in [0.1, 0.15) is 57.7 Å². The Balaban J connectivity index is 1.49. The highest BCUT2D eigenvalue weighted by atomic mass is 19.1. The summed E-state index contributed by atoms with van der Waals surface area (Å²) in [6.45, 7) is 7.10. The number of carbonyl (C=O) groups excluding carboxylic acids is 2. The third-order valence-corrected chi connectivity index (χ3v) is 6.38. The van der Waals surface area contributed by atoms with Crippen molar-refractivity contribution >= 4 is 11.8 Å². The highest BCUT2D eigenvalue weighted by Crippen LogP contribution is 2.27. The van der Waals surface area contributed by atoms with Gasteiger partial charge in [0, 0.05) is 49.3 Å². The summed E-state index contributed by atoms with van der Waals surface area (Å²) < 4.78 is 14.3. The normalized spacial score (nSPS) is 19.4. The second-order valence-corrected chi connectivity index (χ2v) is 8.62. The molecule has 2 aliphatic rings. The molecule has 5 nitrogen and oxygen atoms in total. The maximum absolute atomic E-state index is 14.3. The van der Waals surface area contributed by atoms with Crippen LogP contribution in [0, 0.1) is 5.82 Å². The van der Waals surface area contributed by atoms with Crippen LogP contribution in [-0.4, -0.2) is 53.3 Å². The SMILES string of the molecule is CC(C)N1CCC(N2CCc3cc(Cc4ccc(C(N)=O)cc4F)ccc3C2=O)C1. The molecule has 0 aliphatic carbocycles. The molecule has 30 heavy (non-hydrogen) atoms. The van der Waals surface area contributed by atoms with Crippen molar-refractivity contribution in [3.63, 3.8) is 0 Å². The van der Waals surface area contributed by atoms with Crippen LogP contribution in [0.25, 0.3) is 0 Å². The van der Waals surface area contributed by atoms with E-state index in [0.29, 0.717) is 18.0 Å². The maximum Gasteiger partial charge on any atom is 0.254 e. The lowest BCUT2D eigenvalue weighted by Crippen LogP contribution is -2.46. The predicted octanol–water partition coefficient (Wildman–Crippen LogP) is 3.00. The number of amides is 2. The van der Waals surface area contributed by atoms with E-state index in [9.17, 15) is 14.0 Å². The minimum Gasteiger partial charge on any atom is -0.366 e. The van der Waals surface area contributed by atoms with Gasteiger partial charge in [-0.1, -0.05) is 18.2 Å². The van der Waals surface area contributed by atoms with E-state index in [1.807, 2.05) is 23.1 Å². The molecule has 1 fully saturated rings. The molecule has 6 heteroatoms. The zero-order valence-electron chi connectivity index (χ0n) is 17.5. The number of halogens is 1. The van der Waals surface area contributed by atoms with Crippen LogP contribution in [0.3, 0.4) is 0 Å². The summed E-state index contributed by atoms with van der Waals surface area (Å²) in [6.07, 6.45) is 2.25.